The molecule has 7 heteroatoms. The van der Waals surface area contributed by atoms with Gasteiger partial charge < -0.3 is 14.3 Å². The van der Waals surface area contributed by atoms with E-state index in [1.54, 1.807) is 39.6 Å². The lowest BCUT2D eigenvalue weighted by molar-refractivity contribution is -0.121. The topological polar surface area (TPSA) is 68.4 Å². The van der Waals surface area contributed by atoms with Gasteiger partial charge in [0.25, 0.3) is 5.56 Å². The van der Waals surface area contributed by atoms with Gasteiger partial charge in [0.1, 0.15) is 11.3 Å². The largest absolute Gasteiger partial charge is 0.350 e. The first kappa shape index (κ1) is 17.9. The van der Waals surface area contributed by atoms with Crippen LogP contribution in [0.4, 0.5) is 4.39 Å². The maximum absolute atomic E-state index is 13.8. The number of pyridine rings is 1. The van der Waals surface area contributed by atoms with Gasteiger partial charge in [-0.3, -0.25) is 14.6 Å². The number of amides is 1. The van der Waals surface area contributed by atoms with Crippen molar-refractivity contribution in [2.75, 3.05) is 0 Å². The molecule has 0 bridgehead atoms. The Balaban J connectivity index is 1.49. The number of nitrogens with zero attached hydrogens (tertiary/aromatic N) is 3. The number of rotatable bonds is 6. The van der Waals surface area contributed by atoms with Crippen molar-refractivity contribution in [3.8, 4) is 0 Å². The van der Waals surface area contributed by atoms with Crippen LogP contribution in [0, 0.1) is 5.82 Å². The Labute approximate surface area is 160 Å². The smallest absolute Gasteiger partial charge is 0.275 e. The van der Waals surface area contributed by atoms with Gasteiger partial charge in [0, 0.05) is 25.4 Å². The summed E-state index contributed by atoms with van der Waals surface area (Å²) in [7, 11) is 0. The van der Waals surface area contributed by atoms with Gasteiger partial charge in [0.15, 0.2) is 0 Å². The fraction of sp³-hybridized carbons (Fsp3) is 0.190. The predicted octanol–water partition coefficient (Wildman–Crippen LogP) is 2.88. The van der Waals surface area contributed by atoms with Gasteiger partial charge in [-0.1, -0.05) is 6.07 Å². The van der Waals surface area contributed by atoms with Crippen molar-refractivity contribution in [2.24, 2.45) is 0 Å². The van der Waals surface area contributed by atoms with E-state index in [0.717, 1.165) is 11.2 Å². The molecule has 28 heavy (non-hydrogen) atoms. The maximum Gasteiger partial charge on any atom is 0.275 e. The van der Waals surface area contributed by atoms with Crippen molar-refractivity contribution in [3.05, 3.63) is 82.8 Å². The summed E-state index contributed by atoms with van der Waals surface area (Å²) >= 11 is 0. The van der Waals surface area contributed by atoms with E-state index in [4.69, 9.17) is 0 Å². The van der Waals surface area contributed by atoms with Gasteiger partial charge >= 0.3 is 0 Å². The minimum atomic E-state index is -0.403. The molecule has 0 aliphatic carbocycles. The van der Waals surface area contributed by atoms with Crippen molar-refractivity contribution in [2.45, 2.75) is 25.9 Å². The first-order chi connectivity index (χ1) is 13.6. The molecule has 4 rings (SSSR count). The van der Waals surface area contributed by atoms with Gasteiger partial charge in [0.2, 0.25) is 5.91 Å². The highest BCUT2D eigenvalue weighted by Gasteiger charge is 2.12. The lowest BCUT2D eigenvalue weighted by Gasteiger charge is -2.13. The number of nitrogens with one attached hydrogen (secondary N) is 1. The van der Waals surface area contributed by atoms with Crippen molar-refractivity contribution < 1.29 is 9.18 Å². The number of hydrogen-bond acceptors (Lipinski definition) is 3. The lowest BCUT2D eigenvalue weighted by atomic mass is 10.2. The molecular formula is C21H19FN4O2. The summed E-state index contributed by atoms with van der Waals surface area (Å²) < 4.78 is 17.1. The van der Waals surface area contributed by atoms with E-state index >= 15 is 0 Å². The third-order valence-corrected chi connectivity index (χ3v) is 4.68. The highest BCUT2D eigenvalue weighted by Crippen LogP contribution is 2.17. The van der Waals surface area contributed by atoms with Crippen LogP contribution in [0.1, 0.15) is 18.5 Å². The zero-order valence-corrected chi connectivity index (χ0v) is 15.1. The number of hydrogen-bond donors (Lipinski definition) is 1. The average Bonchev–Trinajstić information content (AvgIpc) is 3.20. The normalized spacial score (nSPS) is 11.2. The van der Waals surface area contributed by atoms with Crippen LogP contribution >= 0.6 is 0 Å². The van der Waals surface area contributed by atoms with Crippen LogP contribution in [0.25, 0.3) is 16.6 Å². The maximum atomic E-state index is 13.8. The molecule has 6 nitrogen and oxygen atoms in total. The Bertz CT molecular complexity index is 1200. The molecule has 1 aromatic carbocycles. The minimum Gasteiger partial charge on any atom is -0.350 e. The van der Waals surface area contributed by atoms with E-state index in [9.17, 15) is 14.0 Å². The van der Waals surface area contributed by atoms with E-state index in [2.05, 4.69) is 10.3 Å². The highest BCUT2D eigenvalue weighted by atomic mass is 19.1. The van der Waals surface area contributed by atoms with E-state index in [0.29, 0.717) is 30.5 Å². The summed E-state index contributed by atoms with van der Waals surface area (Å²) in [6.07, 6.45) is 4.20. The van der Waals surface area contributed by atoms with E-state index in [1.807, 2.05) is 18.2 Å². The second kappa shape index (κ2) is 7.64. The van der Waals surface area contributed by atoms with Gasteiger partial charge in [-0.2, -0.15) is 0 Å². The van der Waals surface area contributed by atoms with E-state index in [1.165, 1.54) is 12.1 Å². The van der Waals surface area contributed by atoms with Gasteiger partial charge in [0.05, 0.1) is 23.3 Å². The Morgan fingerprint density at radius 3 is 2.79 bits per heavy atom. The van der Waals surface area contributed by atoms with Crippen LogP contribution in [0.2, 0.25) is 0 Å². The van der Waals surface area contributed by atoms with E-state index in [-0.39, 0.29) is 17.9 Å². The number of carbonyl (C=O) groups excluding carboxylic acids is 1. The van der Waals surface area contributed by atoms with Crippen LogP contribution in [0.15, 0.2) is 65.7 Å². The fourth-order valence-electron chi connectivity index (χ4n) is 3.33. The van der Waals surface area contributed by atoms with Gasteiger partial charge in [-0.25, -0.2) is 4.39 Å². The minimum absolute atomic E-state index is 0.113. The lowest BCUT2D eigenvalue weighted by Crippen LogP contribution is -2.26. The Kier molecular flexibility index (Phi) is 4.89. The molecule has 0 spiro atoms. The molecular weight excluding hydrogens is 359 g/mol. The summed E-state index contributed by atoms with van der Waals surface area (Å²) in [6, 6.07) is 13.4. The molecule has 0 aliphatic heterocycles. The number of carbonyl (C=O) groups is 1. The molecule has 3 aromatic heterocycles. The molecule has 0 saturated heterocycles. The van der Waals surface area contributed by atoms with Crippen molar-refractivity contribution >= 4 is 22.5 Å². The summed E-state index contributed by atoms with van der Waals surface area (Å²) in [4.78, 5) is 29.1. The summed E-state index contributed by atoms with van der Waals surface area (Å²) in [5.41, 5.74) is 2.38. The molecule has 0 aliphatic rings. The van der Waals surface area contributed by atoms with Crippen LogP contribution in [-0.4, -0.2) is 19.9 Å². The summed E-state index contributed by atoms with van der Waals surface area (Å²) in [5, 5.41) is 2.82. The van der Waals surface area contributed by atoms with Crippen LogP contribution < -0.4 is 10.9 Å². The molecule has 1 amide bonds. The monoisotopic (exact) mass is 378 g/mol. The third-order valence-electron chi connectivity index (χ3n) is 4.68. The van der Waals surface area contributed by atoms with Crippen molar-refractivity contribution in [1.82, 2.24) is 19.3 Å². The highest BCUT2D eigenvalue weighted by molar-refractivity contribution is 5.79. The second-order valence-corrected chi connectivity index (χ2v) is 6.55. The first-order valence-electron chi connectivity index (χ1n) is 9.09. The summed E-state index contributed by atoms with van der Waals surface area (Å²) in [5.74, 6) is -0.516. The Morgan fingerprint density at radius 2 is 1.96 bits per heavy atom. The zero-order chi connectivity index (χ0) is 19.5. The molecule has 0 unspecified atom stereocenters. The predicted molar refractivity (Wildman–Crippen MR) is 104 cm³/mol. The zero-order valence-electron chi connectivity index (χ0n) is 15.1. The molecule has 4 aromatic rings. The number of fused-ring (bicyclic) bond motifs is 3. The average molecular weight is 378 g/mol. The van der Waals surface area contributed by atoms with Crippen LogP contribution in [0.3, 0.4) is 0 Å². The molecule has 3 heterocycles. The molecule has 142 valence electrons. The number of aryl methyl sites for hydroxylation is 1. The van der Waals surface area contributed by atoms with Crippen molar-refractivity contribution in [1.29, 1.82) is 0 Å². The van der Waals surface area contributed by atoms with Gasteiger partial charge in [-0.15, -0.1) is 0 Å². The van der Waals surface area contributed by atoms with Gasteiger partial charge in [-0.05, 0) is 48.9 Å². The molecule has 0 saturated carbocycles. The third kappa shape index (κ3) is 3.51. The second-order valence-electron chi connectivity index (χ2n) is 6.55. The summed E-state index contributed by atoms with van der Waals surface area (Å²) in [6.45, 7) is 0.696. The Morgan fingerprint density at radius 1 is 1.07 bits per heavy atom. The SMILES string of the molecule is O=C(CCCn1c(=O)c2cccn2c2ccc(F)cc21)NCc1ccccn1. The number of benzene rings is 1. The molecule has 0 radical (unpaired) electrons. The Hall–Kier alpha value is -3.48. The number of aromatic nitrogens is 3. The molecule has 0 fully saturated rings. The van der Waals surface area contributed by atoms with Crippen LogP contribution in [-0.2, 0) is 17.9 Å². The molecule has 0 atom stereocenters. The fourth-order valence-corrected chi connectivity index (χ4v) is 3.33. The first-order valence-corrected chi connectivity index (χ1v) is 9.09. The quantitative estimate of drug-likeness (QED) is 0.561. The molecule has 1 N–H and O–H groups in total. The van der Waals surface area contributed by atoms with E-state index < -0.39 is 5.82 Å². The van der Waals surface area contributed by atoms with Crippen LogP contribution in [0.5, 0.6) is 0 Å². The number of halogens is 1. The van der Waals surface area contributed by atoms with Crippen molar-refractivity contribution in [3.63, 3.8) is 0 Å². The standard InChI is InChI=1S/C21H19FN4O2/c22-15-8-9-17-19(13-15)26(21(28)18-6-3-11-25(17)18)12-4-7-20(27)24-14-16-5-1-2-10-23-16/h1-3,5-6,8-11,13H,4,7,12,14H2,(H,24,27).